The number of pyridine rings is 1. The monoisotopic (exact) mass is 430 g/mol. The molecule has 2 aromatic heterocycles. The van der Waals surface area contributed by atoms with Crippen molar-refractivity contribution in [3.63, 3.8) is 0 Å². The Kier molecular flexibility index (Phi) is 5.09. The van der Waals surface area contributed by atoms with Crippen molar-refractivity contribution >= 4 is 0 Å². The Morgan fingerprint density at radius 3 is 2.50 bits per heavy atom. The van der Waals surface area contributed by atoms with Gasteiger partial charge in [-0.05, 0) is 67.7 Å². The van der Waals surface area contributed by atoms with E-state index < -0.39 is 0 Å². The molecule has 32 heavy (non-hydrogen) atoms. The van der Waals surface area contributed by atoms with Crippen LogP contribution in [0.1, 0.15) is 55.3 Å². The second-order valence-corrected chi connectivity index (χ2v) is 10.1. The predicted molar refractivity (Wildman–Crippen MR) is 124 cm³/mol. The molecule has 0 unspecified atom stereocenters. The molecule has 166 valence electrons. The lowest BCUT2D eigenvalue weighted by molar-refractivity contribution is 0.272. The number of nitrogens with zero attached hydrogens (tertiary/aromatic N) is 4. The number of aryl methyl sites for hydroxylation is 1. The largest absolute Gasteiger partial charge is 0.295 e. The van der Waals surface area contributed by atoms with Gasteiger partial charge in [-0.1, -0.05) is 31.0 Å². The Bertz CT molecular complexity index is 1140. The van der Waals surface area contributed by atoms with Gasteiger partial charge in [0.25, 0.3) is 0 Å². The highest BCUT2D eigenvalue weighted by atomic mass is 19.1. The van der Waals surface area contributed by atoms with Crippen LogP contribution in [0.2, 0.25) is 0 Å². The standard InChI is InChI=1S/C27H31FN4/c1-18-6-11-24(25-13-29-32(27(25)28)15-19-4-2-3-5-19)26(30-18)21-9-10-22-16-31(14-20-7-8-20)17-23(22)12-21/h6,9-13,19-20H,2-5,7-8,14-17H2,1H3. The summed E-state index contributed by atoms with van der Waals surface area (Å²) in [5.74, 6) is 1.21. The lowest BCUT2D eigenvalue weighted by atomic mass is 9.98. The molecule has 0 N–H and O–H groups in total. The van der Waals surface area contributed by atoms with Crippen molar-refractivity contribution in [1.29, 1.82) is 0 Å². The number of benzene rings is 1. The van der Waals surface area contributed by atoms with Gasteiger partial charge in [-0.15, -0.1) is 0 Å². The van der Waals surface area contributed by atoms with Gasteiger partial charge in [-0.2, -0.15) is 9.49 Å². The molecule has 3 aliphatic rings. The summed E-state index contributed by atoms with van der Waals surface area (Å²) in [4.78, 5) is 7.42. The van der Waals surface area contributed by atoms with Crippen LogP contribution < -0.4 is 0 Å². The zero-order chi connectivity index (χ0) is 21.7. The molecule has 2 fully saturated rings. The highest BCUT2D eigenvalue weighted by molar-refractivity contribution is 5.81. The van der Waals surface area contributed by atoms with Crippen LogP contribution in [-0.2, 0) is 19.6 Å². The van der Waals surface area contributed by atoms with Gasteiger partial charge in [-0.3, -0.25) is 9.88 Å². The molecule has 0 atom stereocenters. The minimum absolute atomic E-state index is 0.236. The Labute approximate surface area is 189 Å². The first-order valence-electron chi connectivity index (χ1n) is 12.2. The van der Waals surface area contributed by atoms with Crippen molar-refractivity contribution in [2.24, 2.45) is 11.8 Å². The van der Waals surface area contributed by atoms with Crippen molar-refractivity contribution in [2.45, 2.75) is 65.1 Å². The summed E-state index contributed by atoms with van der Waals surface area (Å²) in [6, 6.07) is 10.6. The van der Waals surface area contributed by atoms with Gasteiger partial charge in [0.2, 0.25) is 5.95 Å². The molecule has 0 bridgehead atoms. The highest BCUT2D eigenvalue weighted by Gasteiger charge is 2.28. The van der Waals surface area contributed by atoms with Crippen molar-refractivity contribution < 1.29 is 4.39 Å². The first-order valence-corrected chi connectivity index (χ1v) is 12.2. The zero-order valence-electron chi connectivity index (χ0n) is 18.9. The molecular formula is C27H31FN4. The first kappa shape index (κ1) is 20.1. The minimum atomic E-state index is -0.236. The summed E-state index contributed by atoms with van der Waals surface area (Å²) in [6.45, 7) is 5.94. The quantitative estimate of drug-likeness (QED) is 0.483. The third-order valence-electron chi connectivity index (χ3n) is 7.49. The molecule has 0 spiro atoms. The van der Waals surface area contributed by atoms with Gasteiger partial charge >= 0.3 is 0 Å². The average molecular weight is 431 g/mol. The highest BCUT2D eigenvalue weighted by Crippen LogP contribution is 2.37. The summed E-state index contributed by atoms with van der Waals surface area (Å²) < 4.78 is 17.0. The van der Waals surface area contributed by atoms with E-state index in [2.05, 4.69) is 28.2 Å². The second kappa shape index (κ2) is 8.11. The molecule has 2 aliphatic carbocycles. The average Bonchev–Trinajstić information content (AvgIpc) is 3.15. The SMILES string of the molecule is Cc1ccc(-c2cnn(CC3CCCC3)c2F)c(-c2ccc3c(c2)CN(CC2CC2)C3)n1. The number of aromatic nitrogens is 3. The van der Waals surface area contributed by atoms with E-state index in [-0.39, 0.29) is 5.95 Å². The molecule has 1 aromatic carbocycles. The fraction of sp³-hybridized carbons (Fsp3) is 0.481. The maximum Gasteiger partial charge on any atom is 0.219 e. The number of halogens is 1. The molecule has 3 aromatic rings. The van der Waals surface area contributed by atoms with Crippen LogP contribution in [0.4, 0.5) is 4.39 Å². The Morgan fingerprint density at radius 2 is 1.69 bits per heavy atom. The summed E-state index contributed by atoms with van der Waals surface area (Å²) >= 11 is 0. The molecule has 3 heterocycles. The third-order valence-corrected chi connectivity index (χ3v) is 7.49. The van der Waals surface area contributed by atoms with E-state index >= 15 is 4.39 Å². The van der Waals surface area contributed by atoms with Gasteiger partial charge in [0.1, 0.15) is 0 Å². The van der Waals surface area contributed by atoms with Crippen molar-refractivity contribution in [1.82, 2.24) is 19.7 Å². The van der Waals surface area contributed by atoms with Crippen LogP contribution in [0.25, 0.3) is 22.4 Å². The number of hydrogen-bond donors (Lipinski definition) is 0. The minimum Gasteiger partial charge on any atom is -0.295 e. The number of fused-ring (bicyclic) bond motifs is 1. The summed E-state index contributed by atoms with van der Waals surface area (Å²) in [7, 11) is 0. The number of hydrogen-bond acceptors (Lipinski definition) is 3. The van der Waals surface area contributed by atoms with E-state index in [4.69, 9.17) is 4.98 Å². The molecule has 1 aliphatic heterocycles. The second-order valence-electron chi connectivity index (χ2n) is 10.1. The maximum atomic E-state index is 15.4. The van der Waals surface area contributed by atoms with Gasteiger partial charge in [0.15, 0.2) is 0 Å². The van der Waals surface area contributed by atoms with Crippen LogP contribution >= 0.6 is 0 Å². The van der Waals surface area contributed by atoms with Crippen LogP contribution in [0.5, 0.6) is 0 Å². The fourth-order valence-corrected chi connectivity index (χ4v) is 5.52. The Morgan fingerprint density at radius 1 is 0.906 bits per heavy atom. The summed E-state index contributed by atoms with van der Waals surface area (Å²) in [6.07, 6.45) is 9.32. The van der Waals surface area contributed by atoms with Crippen molar-refractivity contribution in [2.75, 3.05) is 6.54 Å². The smallest absolute Gasteiger partial charge is 0.219 e. The van der Waals surface area contributed by atoms with E-state index in [0.717, 1.165) is 41.5 Å². The van der Waals surface area contributed by atoms with Crippen LogP contribution in [-0.4, -0.2) is 26.2 Å². The molecule has 6 rings (SSSR count). The molecule has 2 saturated carbocycles. The van der Waals surface area contributed by atoms with E-state index in [1.54, 1.807) is 10.9 Å². The van der Waals surface area contributed by atoms with Gasteiger partial charge in [-0.25, -0.2) is 4.68 Å². The first-order chi connectivity index (χ1) is 15.6. The summed E-state index contributed by atoms with van der Waals surface area (Å²) in [5.41, 5.74) is 7.05. The number of rotatable bonds is 6. The van der Waals surface area contributed by atoms with Crippen molar-refractivity contribution in [3.05, 3.63) is 59.3 Å². The van der Waals surface area contributed by atoms with Crippen LogP contribution in [0.15, 0.2) is 36.5 Å². The lowest BCUT2D eigenvalue weighted by Crippen LogP contribution is -2.18. The molecule has 0 radical (unpaired) electrons. The molecule has 0 saturated heterocycles. The van der Waals surface area contributed by atoms with Gasteiger partial charge in [0, 0.05) is 43.0 Å². The van der Waals surface area contributed by atoms with Gasteiger partial charge < -0.3 is 0 Å². The van der Waals surface area contributed by atoms with Gasteiger partial charge in [0.05, 0.1) is 17.5 Å². The normalized spacial score (nSPS) is 19.1. The topological polar surface area (TPSA) is 34.0 Å². The Balaban J connectivity index is 1.32. The van der Waals surface area contributed by atoms with E-state index in [1.807, 2.05) is 19.1 Å². The zero-order valence-corrected chi connectivity index (χ0v) is 18.9. The third kappa shape index (κ3) is 3.88. The lowest BCUT2D eigenvalue weighted by Gasteiger charge is -2.13. The van der Waals surface area contributed by atoms with Crippen molar-refractivity contribution in [3.8, 4) is 22.4 Å². The molecule has 5 heteroatoms. The van der Waals surface area contributed by atoms with E-state index in [9.17, 15) is 0 Å². The molecule has 0 amide bonds. The molecular weight excluding hydrogens is 399 g/mol. The predicted octanol–water partition coefficient (Wildman–Crippen LogP) is 5.98. The molecule has 4 nitrogen and oxygen atoms in total. The Hall–Kier alpha value is -2.53. The van der Waals surface area contributed by atoms with Crippen LogP contribution in [0, 0.1) is 24.7 Å². The maximum absolute atomic E-state index is 15.4. The van der Waals surface area contributed by atoms with Crippen LogP contribution in [0.3, 0.4) is 0 Å². The summed E-state index contributed by atoms with van der Waals surface area (Å²) in [5, 5.41) is 4.42. The van der Waals surface area contributed by atoms with E-state index in [1.165, 1.54) is 56.2 Å². The van der Waals surface area contributed by atoms with E-state index in [0.29, 0.717) is 18.0 Å². The fourth-order valence-electron chi connectivity index (χ4n) is 5.52.